The largest absolute Gasteiger partial charge is 0.469 e. The number of esters is 1. The Labute approximate surface area is 172 Å². The van der Waals surface area contributed by atoms with Crippen LogP contribution in [-0.2, 0) is 28.6 Å². The van der Waals surface area contributed by atoms with Crippen LogP contribution in [0, 0.1) is 30.6 Å². The van der Waals surface area contributed by atoms with Crippen LogP contribution in [0.4, 0.5) is 4.11 Å². The van der Waals surface area contributed by atoms with E-state index in [-0.39, 0.29) is 29.6 Å². The molecule has 0 heterocycles. The first-order valence-corrected chi connectivity index (χ1v) is 14.1. The van der Waals surface area contributed by atoms with E-state index in [2.05, 4.69) is 0 Å². The van der Waals surface area contributed by atoms with E-state index in [9.17, 15) is 18.0 Å². The molecule has 2 bridgehead atoms. The van der Waals surface area contributed by atoms with Crippen molar-refractivity contribution in [1.29, 1.82) is 0 Å². The molecule has 0 saturated heterocycles. The second-order valence-corrected chi connectivity index (χ2v) is 14.0. The molecule has 3 aliphatic carbocycles. The SMILES string of the molecule is COC(=O)[C@H]1[C@H]2CC(=O)[C@H](C[C@@H]2COS(=O)(=O)c2ccc(C)cc2)[C@@H]1[Si](C)(C)F. The molecule has 6 nitrogen and oxygen atoms in total. The number of fused-ring (bicyclic) bond motifs is 3. The molecule has 3 saturated carbocycles. The quantitative estimate of drug-likeness (QED) is 0.291. The summed E-state index contributed by atoms with van der Waals surface area (Å²) in [5.41, 5.74) is 0.281. The van der Waals surface area contributed by atoms with Crippen LogP contribution in [0.1, 0.15) is 18.4 Å². The van der Waals surface area contributed by atoms with Gasteiger partial charge in [-0.25, -0.2) is 0 Å². The van der Waals surface area contributed by atoms with Crippen LogP contribution in [0.5, 0.6) is 0 Å². The zero-order valence-electron chi connectivity index (χ0n) is 17.1. The highest BCUT2D eigenvalue weighted by molar-refractivity contribution is 7.86. The molecule has 4 rings (SSSR count). The van der Waals surface area contributed by atoms with E-state index in [4.69, 9.17) is 8.92 Å². The van der Waals surface area contributed by atoms with E-state index in [0.29, 0.717) is 6.42 Å². The zero-order chi connectivity index (χ0) is 21.6. The Kier molecular flexibility index (Phi) is 6.04. The number of hydrogen-bond donors (Lipinski definition) is 0. The minimum atomic E-state index is -3.96. The van der Waals surface area contributed by atoms with Gasteiger partial charge < -0.3 is 8.84 Å². The van der Waals surface area contributed by atoms with E-state index in [1.54, 1.807) is 12.1 Å². The highest BCUT2D eigenvalue weighted by Crippen LogP contribution is 2.57. The van der Waals surface area contributed by atoms with Crippen molar-refractivity contribution in [3.05, 3.63) is 29.8 Å². The van der Waals surface area contributed by atoms with Crippen LogP contribution >= 0.6 is 0 Å². The summed E-state index contributed by atoms with van der Waals surface area (Å²) in [5, 5.41) is 0. The van der Waals surface area contributed by atoms with Gasteiger partial charge in [0.15, 0.2) is 0 Å². The molecule has 0 amide bonds. The van der Waals surface area contributed by atoms with Crippen molar-refractivity contribution in [2.45, 2.75) is 43.3 Å². The van der Waals surface area contributed by atoms with Gasteiger partial charge in [-0.15, -0.1) is 0 Å². The molecule has 9 heteroatoms. The topological polar surface area (TPSA) is 86.7 Å². The number of carbonyl (C=O) groups excluding carboxylic acids is 2. The lowest BCUT2D eigenvalue weighted by Gasteiger charge is -2.52. The van der Waals surface area contributed by atoms with Crippen LogP contribution in [0.25, 0.3) is 0 Å². The molecule has 3 fully saturated rings. The molecule has 0 aromatic heterocycles. The van der Waals surface area contributed by atoms with Crippen molar-refractivity contribution in [3.63, 3.8) is 0 Å². The number of rotatable bonds is 6. The standard InChI is InChI=1S/C20H27FO6SSi/c1-12-5-7-14(8-6-12)28(24,25)27-11-13-9-16-17(22)10-15(13)18(20(23)26-2)19(16)29(3,4)21/h5-8,13,15-16,18-19H,9-11H2,1-4H3/t13-,15+,16+,18+,19+/m1/s1. The summed E-state index contributed by atoms with van der Waals surface area (Å²) in [5.74, 6) is -2.70. The molecule has 0 unspecified atom stereocenters. The Morgan fingerprint density at radius 1 is 1.24 bits per heavy atom. The van der Waals surface area contributed by atoms with Crippen LogP contribution in [0.2, 0.25) is 18.6 Å². The molecular weight excluding hydrogens is 415 g/mol. The number of benzene rings is 1. The highest BCUT2D eigenvalue weighted by Gasteiger charge is 2.61. The Balaban J connectivity index is 1.82. The Morgan fingerprint density at radius 3 is 2.41 bits per heavy atom. The van der Waals surface area contributed by atoms with Gasteiger partial charge in [0.05, 0.1) is 24.5 Å². The van der Waals surface area contributed by atoms with E-state index in [1.165, 1.54) is 32.3 Å². The molecule has 29 heavy (non-hydrogen) atoms. The number of Topliss-reactive ketones (excluding diaryl/α,β-unsaturated/α-hetero) is 1. The molecule has 5 atom stereocenters. The number of ketones is 1. The number of methoxy groups -OCH3 is 1. The number of carbonyl (C=O) groups is 2. The molecule has 0 aliphatic heterocycles. The fourth-order valence-electron chi connectivity index (χ4n) is 4.97. The summed E-state index contributed by atoms with van der Waals surface area (Å²) in [6, 6.07) is 6.32. The number of ether oxygens (including phenoxy) is 1. The summed E-state index contributed by atoms with van der Waals surface area (Å²) >= 11 is 0. The van der Waals surface area contributed by atoms with Gasteiger partial charge >= 0.3 is 5.97 Å². The maximum atomic E-state index is 15.1. The second kappa shape index (κ2) is 7.92. The van der Waals surface area contributed by atoms with Crippen molar-refractivity contribution in [3.8, 4) is 0 Å². The average molecular weight is 443 g/mol. The van der Waals surface area contributed by atoms with E-state index in [0.717, 1.165) is 5.56 Å². The van der Waals surface area contributed by atoms with Gasteiger partial charge in [0.2, 0.25) is 8.41 Å². The van der Waals surface area contributed by atoms with E-state index < -0.39 is 47.8 Å². The Hall–Kier alpha value is -1.58. The first kappa shape index (κ1) is 22.1. The third kappa shape index (κ3) is 4.31. The monoisotopic (exact) mass is 442 g/mol. The Bertz CT molecular complexity index is 893. The minimum absolute atomic E-state index is 0.0454. The fourth-order valence-corrected chi connectivity index (χ4v) is 8.45. The zero-order valence-corrected chi connectivity index (χ0v) is 18.9. The van der Waals surface area contributed by atoms with Crippen molar-refractivity contribution in [1.82, 2.24) is 0 Å². The van der Waals surface area contributed by atoms with Gasteiger partial charge in [-0.05, 0) is 50.4 Å². The van der Waals surface area contributed by atoms with Crippen LogP contribution in [-0.4, -0.2) is 42.3 Å². The lowest BCUT2D eigenvalue weighted by molar-refractivity contribution is -0.157. The first-order chi connectivity index (χ1) is 13.5. The van der Waals surface area contributed by atoms with Gasteiger partial charge in [-0.3, -0.25) is 13.8 Å². The van der Waals surface area contributed by atoms with Crippen LogP contribution in [0.15, 0.2) is 29.2 Å². The van der Waals surface area contributed by atoms with Gasteiger partial charge in [-0.2, -0.15) is 8.42 Å². The van der Waals surface area contributed by atoms with Gasteiger partial charge in [0, 0.05) is 17.9 Å². The lowest BCUT2D eigenvalue weighted by Crippen LogP contribution is -2.57. The predicted molar refractivity (Wildman–Crippen MR) is 107 cm³/mol. The molecule has 0 N–H and O–H groups in total. The summed E-state index contributed by atoms with van der Waals surface area (Å²) in [4.78, 5) is 25.1. The summed E-state index contributed by atoms with van der Waals surface area (Å²) in [6.07, 6.45) is 0.468. The predicted octanol–water partition coefficient (Wildman–Crippen LogP) is 3.26. The molecule has 1 aromatic carbocycles. The minimum Gasteiger partial charge on any atom is -0.469 e. The van der Waals surface area contributed by atoms with Gasteiger partial charge in [0.25, 0.3) is 10.1 Å². The third-order valence-electron chi connectivity index (χ3n) is 6.31. The smallest absolute Gasteiger partial charge is 0.309 e. The summed E-state index contributed by atoms with van der Waals surface area (Å²) in [7, 11) is -6.03. The van der Waals surface area contributed by atoms with Crippen LogP contribution in [0.3, 0.4) is 0 Å². The molecule has 3 aliphatic rings. The van der Waals surface area contributed by atoms with E-state index >= 15 is 4.11 Å². The number of hydrogen-bond acceptors (Lipinski definition) is 6. The van der Waals surface area contributed by atoms with Gasteiger partial charge in [0.1, 0.15) is 5.78 Å². The maximum absolute atomic E-state index is 15.1. The lowest BCUT2D eigenvalue weighted by atomic mass is 9.58. The maximum Gasteiger partial charge on any atom is 0.309 e. The summed E-state index contributed by atoms with van der Waals surface area (Å²) < 4.78 is 50.3. The summed E-state index contributed by atoms with van der Waals surface area (Å²) in [6.45, 7) is 4.73. The second-order valence-electron chi connectivity index (χ2n) is 8.63. The molecule has 1 aromatic rings. The van der Waals surface area contributed by atoms with Crippen molar-refractivity contribution >= 4 is 30.3 Å². The number of halogens is 1. The third-order valence-corrected chi connectivity index (χ3v) is 9.95. The molecular formula is C20H27FO6SSi. The van der Waals surface area contributed by atoms with Crippen molar-refractivity contribution in [2.24, 2.45) is 23.7 Å². The van der Waals surface area contributed by atoms with Crippen LogP contribution < -0.4 is 0 Å². The number of aryl methyl sites for hydroxylation is 1. The normalized spacial score (nSPS) is 29.7. The fraction of sp³-hybridized carbons (Fsp3) is 0.600. The van der Waals surface area contributed by atoms with E-state index in [1.807, 2.05) is 6.92 Å². The molecule has 160 valence electrons. The molecule has 0 spiro atoms. The Morgan fingerprint density at radius 2 is 1.86 bits per heavy atom. The van der Waals surface area contributed by atoms with Gasteiger partial charge in [-0.1, -0.05) is 17.7 Å². The first-order valence-electron chi connectivity index (χ1n) is 9.71. The molecule has 0 radical (unpaired) electrons. The highest BCUT2D eigenvalue weighted by atomic mass is 32.2. The average Bonchev–Trinajstić information content (AvgIpc) is 2.65. The van der Waals surface area contributed by atoms with Crippen molar-refractivity contribution in [2.75, 3.05) is 13.7 Å². The van der Waals surface area contributed by atoms with Crippen molar-refractivity contribution < 1.29 is 31.0 Å².